The van der Waals surface area contributed by atoms with Crippen molar-refractivity contribution in [1.82, 2.24) is 4.31 Å². The lowest BCUT2D eigenvalue weighted by Crippen LogP contribution is -2.31. The van der Waals surface area contributed by atoms with Gasteiger partial charge in [-0.05, 0) is 31.5 Å². The van der Waals surface area contributed by atoms with Gasteiger partial charge in [0.1, 0.15) is 10.7 Å². The second-order valence-corrected chi connectivity index (χ2v) is 6.93. The first-order chi connectivity index (χ1) is 9.28. The van der Waals surface area contributed by atoms with Crippen molar-refractivity contribution in [2.45, 2.75) is 30.7 Å². The van der Waals surface area contributed by atoms with Gasteiger partial charge in [-0.15, -0.1) is 11.6 Å². The lowest BCUT2D eigenvalue weighted by atomic mass is 10.2. The molecule has 114 valence electrons. The molecule has 0 bridgehead atoms. The molecule has 0 aromatic heterocycles. The zero-order valence-electron chi connectivity index (χ0n) is 11.8. The number of sulfonamides is 1. The summed E-state index contributed by atoms with van der Waals surface area (Å²) in [7, 11) is -2.46. The van der Waals surface area contributed by atoms with E-state index in [0.717, 1.165) is 10.4 Å². The van der Waals surface area contributed by atoms with Crippen LogP contribution in [0.4, 0.5) is 4.39 Å². The Morgan fingerprint density at radius 2 is 2.05 bits per heavy atom. The third kappa shape index (κ3) is 4.41. The van der Waals surface area contributed by atoms with Gasteiger partial charge in [-0.1, -0.05) is 6.07 Å². The van der Waals surface area contributed by atoms with Crippen molar-refractivity contribution < 1.29 is 17.5 Å². The topological polar surface area (TPSA) is 46.6 Å². The van der Waals surface area contributed by atoms with Crippen molar-refractivity contribution >= 4 is 21.6 Å². The zero-order chi connectivity index (χ0) is 15.3. The van der Waals surface area contributed by atoms with Gasteiger partial charge in [0, 0.05) is 19.5 Å². The van der Waals surface area contributed by atoms with E-state index in [4.69, 9.17) is 16.3 Å². The Morgan fingerprint density at radius 1 is 1.40 bits per heavy atom. The van der Waals surface area contributed by atoms with Crippen molar-refractivity contribution in [3.63, 3.8) is 0 Å². The number of benzene rings is 1. The molecule has 0 radical (unpaired) electrons. The van der Waals surface area contributed by atoms with E-state index in [1.165, 1.54) is 19.2 Å². The molecule has 0 unspecified atom stereocenters. The molecule has 1 rings (SSSR count). The predicted octanol–water partition coefficient (Wildman–Crippen LogP) is 2.61. The molecule has 0 saturated heterocycles. The molecule has 1 aromatic rings. The molecule has 0 heterocycles. The van der Waals surface area contributed by atoms with Crippen LogP contribution in [0.15, 0.2) is 23.1 Å². The molecule has 0 saturated carbocycles. The summed E-state index contributed by atoms with van der Waals surface area (Å²) in [6, 6.07) is 3.88. The highest BCUT2D eigenvalue weighted by atomic mass is 35.5. The van der Waals surface area contributed by atoms with Gasteiger partial charge >= 0.3 is 0 Å². The number of rotatable bonds is 7. The number of hydrogen-bond acceptors (Lipinski definition) is 3. The van der Waals surface area contributed by atoms with Gasteiger partial charge in [0.2, 0.25) is 10.0 Å². The summed E-state index contributed by atoms with van der Waals surface area (Å²) in [6.45, 7) is 4.14. The van der Waals surface area contributed by atoms with Gasteiger partial charge in [0.05, 0.1) is 12.7 Å². The van der Waals surface area contributed by atoms with Crippen LogP contribution in [0.2, 0.25) is 0 Å². The van der Waals surface area contributed by atoms with E-state index in [-0.39, 0.29) is 30.0 Å². The highest BCUT2D eigenvalue weighted by molar-refractivity contribution is 7.89. The van der Waals surface area contributed by atoms with E-state index in [1.54, 1.807) is 0 Å². The Bertz CT molecular complexity index is 549. The minimum absolute atomic E-state index is 0.0193. The van der Waals surface area contributed by atoms with Crippen molar-refractivity contribution in [2.24, 2.45) is 0 Å². The van der Waals surface area contributed by atoms with Crippen LogP contribution >= 0.6 is 11.6 Å². The highest BCUT2D eigenvalue weighted by Crippen LogP contribution is 2.20. The molecule has 0 fully saturated rings. The maximum absolute atomic E-state index is 13.8. The van der Waals surface area contributed by atoms with E-state index in [9.17, 15) is 12.8 Å². The first-order valence-electron chi connectivity index (χ1n) is 6.21. The number of ether oxygens (including phenoxy) is 1. The standard InChI is InChI=1S/C13H19ClFNO3S/c1-10(2)19-7-6-16(3)20(17,18)13-5-4-11(9-14)8-12(13)15/h4-5,8,10H,6-7,9H2,1-3H3. The van der Waals surface area contributed by atoms with Gasteiger partial charge < -0.3 is 4.74 Å². The summed E-state index contributed by atoms with van der Waals surface area (Å²) < 4.78 is 44.7. The van der Waals surface area contributed by atoms with E-state index in [1.807, 2.05) is 13.8 Å². The summed E-state index contributed by atoms with van der Waals surface area (Å²) in [5.41, 5.74) is 0.536. The van der Waals surface area contributed by atoms with Crippen LogP contribution in [0.1, 0.15) is 19.4 Å². The Balaban J connectivity index is 2.87. The Kier molecular flexibility index (Phi) is 6.39. The molecule has 0 aliphatic heterocycles. The van der Waals surface area contributed by atoms with Gasteiger partial charge in [-0.25, -0.2) is 12.8 Å². The average molecular weight is 324 g/mol. The number of nitrogens with zero attached hydrogens (tertiary/aromatic N) is 1. The molecule has 1 aromatic carbocycles. The third-order valence-electron chi connectivity index (χ3n) is 2.70. The molecule has 0 aliphatic carbocycles. The van der Waals surface area contributed by atoms with Gasteiger partial charge in [-0.3, -0.25) is 0 Å². The number of halogens is 2. The lowest BCUT2D eigenvalue weighted by molar-refractivity contribution is 0.0737. The van der Waals surface area contributed by atoms with Crippen molar-refractivity contribution in [1.29, 1.82) is 0 Å². The highest BCUT2D eigenvalue weighted by Gasteiger charge is 2.24. The molecule has 7 heteroatoms. The van der Waals surface area contributed by atoms with Crippen molar-refractivity contribution in [3.8, 4) is 0 Å². The van der Waals surface area contributed by atoms with Crippen LogP contribution in [0, 0.1) is 5.82 Å². The summed E-state index contributed by atoms with van der Waals surface area (Å²) >= 11 is 5.58. The van der Waals surface area contributed by atoms with Crippen LogP contribution in [0.3, 0.4) is 0 Å². The fourth-order valence-corrected chi connectivity index (χ4v) is 2.90. The predicted molar refractivity (Wildman–Crippen MR) is 76.9 cm³/mol. The minimum atomic E-state index is -3.86. The smallest absolute Gasteiger partial charge is 0.245 e. The molecular formula is C13H19ClFNO3S. The zero-order valence-corrected chi connectivity index (χ0v) is 13.3. The first-order valence-corrected chi connectivity index (χ1v) is 8.18. The fourth-order valence-electron chi connectivity index (χ4n) is 1.54. The SMILES string of the molecule is CC(C)OCCN(C)S(=O)(=O)c1ccc(CCl)cc1F. The molecule has 0 N–H and O–H groups in total. The summed E-state index contributed by atoms with van der Waals surface area (Å²) in [4.78, 5) is -0.349. The molecule has 20 heavy (non-hydrogen) atoms. The minimum Gasteiger partial charge on any atom is -0.377 e. The molecule has 0 atom stereocenters. The summed E-state index contributed by atoms with van der Waals surface area (Å²) in [6.07, 6.45) is 0.0193. The van der Waals surface area contributed by atoms with Crippen LogP contribution in [-0.2, 0) is 20.6 Å². The Hall–Kier alpha value is -0.690. The molecule has 0 aliphatic rings. The lowest BCUT2D eigenvalue weighted by Gasteiger charge is -2.18. The van der Waals surface area contributed by atoms with E-state index in [2.05, 4.69) is 0 Å². The average Bonchev–Trinajstić information content (AvgIpc) is 2.37. The fraction of sp³-hybridized carbons (Fsp3) is 0.538. The largest absolute Gasteiger partial charge is 0.377 e. The maximum Gasteiger partial charge on any atom is 0.245 e. The van der Waals surface area contributed by atoms with Gasteiger partial charge in [0.25, 0.3) is 0 Å². The van der Waals surface area contributed by atoms with Crippen molar-refractivity contribution in [2.75, 3.05) is 20.2 Å². The summed E-state index contributed by atoms with van der Waals surface area (Å²) in [5.74, 6) is -0.658. The Morgan fingerprint density at radius 3 is 2.55 bits per heavy atom. The maximum atomic E-state index is 13.8. The van der Waals surface area contributed by atoms with Crippen LogP contribution < -0.4 is 0 Å². The van der Waals surface area contributed by atoms with E-state index >= 15 is 0 Å². The van der Waals surface area contributed by atoms with Crippen molar-refractivity contribution in [3.05, 3.63) is 29.6 Å². The van der Waals surface area contributed by atoms with Gasteiger partial charge in [0.15, 0.2) is 0 Å². The number of likely N-dealkylation sites (N-methyl/N-ethyl adjacent to an activating group) is 1. The van der Waals surface area contributed by atoms with E-state index < -0.39 is 15.8 Å². The van der Waals surface area contributed by atoms with Crippen LogP contribution in [0.5, 0.6) is 0 Å². The van der Waals surface area contributed by atoms with Crippen LogP contribution in [-0.4, -0.2) is 39.0 Å². The molecular weight excluding hydrogens is 305 g/mol. The number of alkyl halides is 1. The second kappa shape index (κ2) is 7.36. The third-order valence-corrected chi connectivity index (χ3v) is 4.89. The normalized spacial score (nSPS) is 12.3. The Labute approximate surface area is 124 Å². The number of hydrogen-bond donors (Lipinski definition) is 0. The first kappa shape index (κ1) is 17.4. The quantitative estimate of drug-likeness (QED) is 0.725. The van der Waals surface area contributed by atoms with Crippen LogP contribution in [0.25, 0.3) is 0 Å². The summed E-state index contributed by atoms with van der Waals surface area (Å²) in [5, 5.41) is 0. The molecule has 0 amide bonds. The van der Waals surface area contributed by atoms with Gasteiger partial charge in [-0.2, -0.15) is 4.31 Å². The molecule has 0 spiro atoms. The molecule has 4 nitrogen and oxygen atoms in total. The monoisotopic (exact) mass is 323 g/mol. The van der Waals surface area contributed by atoms with E-state index in [0.29, 0.717) is 5.56 Å². The second-order valence-electron chi connectivity index (χ2n) is 4.64.